The van der Waals surface area contributed by atoms with Crippen LogP contribution in [0.25, 0.3) is 0 Å². The fraction of sp³-hybridized carbons (Fsp3) is 0.200. The van der Waals surface area contributed by atoms with Crippen molar-refractivity contribution in [1.29, 1.82) is 0 Å². The van der Waals surface area contributed by atoms with Crippen LogP contribution >= 0.6 is 15.9 Å². The monoisotopic (exact) mass is 290 g/mol. The summed E-state index contributed by atoms with van der Waals surface area (Å²) in [5.41, 5.74) is 3.54. The lowest BCUT2D eigenvalue weighted by molar-refractivity contribution is 0.302. The van der Waals surface area contributed by atoms with E-state index in [1.165, 1.54) is 16.7 Å². The number of ether oxygens (including phenoxy) is 1. The van der Waals surface area contributed by atoms with E-state index in [2.05, 4.69) is 60.1 Å². The standard InChI is InChI=1S/C15H15BrO/c1-11-4-3-5-12(2)15(11)17-10-13-6-8-14(16)9-7-13/h3-9H,10H2,1-2H3. The lowest BCUT2D eigenvalue weighted by Gasteiger charge is -2.11. The summed E-state index contributed by atoms with van der Waals surface area (Å²) in [6.45, 7) is 4.76. The van der Waals surface area contributed by atoms with Gasteiger partial charge in [0, 0.05) is 4.47 Å². The van der Waals surface area contributed by atoms with E-state index in [9.17, 15) is 0 Å². The quantitative estimate of drug-likeness (QED) is 0.800. The molecule has 2 rings (SSSR count). The third-order valence-electron chi connectivity index (χ3n) is 2.71. The second-order valence-corrected chi connectivity index (χ2v) is 5.05. The molecule has 0 N–H and O–H groups in total. The summed E-state index contributed by atoms with van der Waals surface area (Å²) in [5.74, 6) is 0.996. The first kappa shape index (κ1) is 12.2. The van der Waals surface area contributed by atoms with Crippen LogP contribution in [-0.4, -0.2) is 0 Å². The maximum absolute atomic E-state index is 5.88. The molecule has 0 fully saturated rings. The highest BCUT2D eigenvalue weighted by molar-refractivity contribution is 9.10. The van der Waals surface area contributed by atoms with Crippen molar-refractivity contribution in [2.75, 3.05) is 0 Å². The number of para-hydroxylation sites is 1. The SMILES string of the molecule is Cc1cccc(C)c1OCc1ccc(Br)cc1. The Morgan fingerprint density at radius 2 is 1.53 bits per heavy atom. The van der Waals surface area contributed by atoms with Gasteiger partial charge >= 0.3 is 0 Å². The molecule has 2 aromatic carbocycles. The minimum Gasteiger partial charge on any atom is -0.488 e. The van der Waals surface area contributed by atoms with Gasteiger partial charge in [-0.1, -0.05) is 46.3 Å². The van der Waals surface area contributed by atoms with Crippen LogP contribution in [0.3, 0.4) is 0 Å². The van der Waals surface area contributed by atoms with Gasteiger partial charge in [-0.2, -0.15) is 0 Å². The van der Waals surface area contributed by atoms with E-state index in [1.54, 1.807) is 0 Å². The second kappa shape index (κ2) is 5.37. The molecule has 1 nitrogen and oxygen atoms in total. The normalized spacial score (nSPS) is 10.3. The van der Waals surface area contributed by atoms with Crippen LogP contribution in [-0.2, 0) is 6.61 Å². The zero-order valence-electron chi connectivity index (χ0n) is 10.0. The van der Waals surface area contributed by atoms with Gasteiger partial charge < -0.3 is 4.74 Å². The first-order valence-corrected chi connectivity index (χ1v) is 6.39. The molecule has 0 aliphatic heterocycles. The van der Waals surface area contributed by atoms with Gasteiger partial charge in [-0.25, -0.2) is 0 Å². The van der Waals surface area contributed by atoms with Gasteiger partial charge in [0.2, 0.25) is 0 Å². The smallest absolute Gasteiger partial charge is 0.125 e. The molecular formula is C15H15BrO. The van der Waals surface area contributed by atoms with E-state index in [0.29, 0.717) is 6.61 Å². The van der Waals surface area contributed by atoms with Gasteiger partial charge in [0.15, 0.2) is 0 Å². The molecular weight excluding hydrogens is 276 g/mol. The molecule has 0 bridgehead atoms. The van der Waals surface area contributed by atoms with E-state index in [4.69, 9.17) is 4.74 Å². The molecule has 0 unspecified atom stereocenters. The molecule has 0 saturated carbocycles. The fourth-order valence-corrected chi connectivity index (χ4v) is 2.03. The number of halogens is 1. The Bertz CT molecular complexity index is 483. The summed E-state index contributed by atoms with van der Waals surface area (Å²) < 4.78 is 6.97. The number of rotatable bonds is 3. The summed E-state index contributed by atoms with van der Waals surface area (Å²) >= 11 is 3.42. The molecule has 0 atom stereocenters. The highest BCUT2D eigenvalue weighted by Gasteiger charge is 2.03. The number of hydrogen-bond donors (Lipinski definition) is 0. The van der Waals surface area contributed by atoms with Crippen LogP contribution in [0.15, 0.2) is 46.9 Å². The van der Waals surface area contributed by atoms with E-state index in [-0.39, 0.29) is 0 Å². The summed E-state index contributed by atoms with van der Waals surface area (Å²) in [4.78, 5) is 0. The lowest BCUT2D eigenvalue weighted by atomic mass is 10.1. The minimum absolute atomic E-state index is 0.610. The van der Waals surface area contributed by atoms with Crippen LogP contribution < -0.4 is 4.74 Å². The molecule has 88 valence electrons. The van der Waals surface area contributed by atoms with Gasteiger partial charge in [0.1, 0.15) is 12.4 Å². The van der Waals surface area contributed by atoms with Crippen LogP contribution in [0.5, 0.6) is 5.75 Å². The predicted octanol–water partition coefficient (Wildman–Crippen LogP) is 4.64. The molecule has 0 aromatic heterocycles. The van der Waals surface area contributed by atoms with Crippen LogP contribution in [0.2, 0.25) is 0 Å². The Morgan fingerprint density at radius 3 is 2.12 bits per heavy atom. The largest absolute Gasteiger partial charge is 0.488 e. The predicted molar refractivity (Wildman–Crippen MR) is 74.4 cm³/mol. The molecule has 2 heteroatoms. The highest BCUT2D eigenvalue weighted by atomic mass is 79.9. The van der Waals surface area contributed by atoms with Crippen molar-refractivity contribution < 1.29 is 4.74 Å². The van der Waals surface area contributed by atoms with Crippen LogP contribution in [0.1, 0.15) is 16.7 Å². The third kappa shape index (κ3) is 3.10. The van der Waals surface area contributed by atoms with E-state index in [0.717, 1.165) is 10.2 Å². The molecule has 0 spiro atoms. The Labute approximate surface area is 111 Å². The number of hydrogen-bond acceptors (Lipinski definition) is 1. The Morgan fingerprint density at radius 1 is 0.941 bits per heavy atom. The van der Waals surface area contributed by atoms with Gasteiger partial charge in [-0.3, -0.25) is 0 Å². The van der Waals surface area contributed by atoms with Crippen molar-refractivity contribution in [1.82, 2.24) is 0 Å². The van der Waals surface area contributed by atoms with Gasteiger partial charge in [-0.05, 0) is 42.7 Å². The first-order chi connectivity index (χ1) is 8.16. The summed E-state index contributed by atoms with van der Waals surface area (Å²) in [6.07, 6.45) is 0. The van der Waals surface area contributed by atoms with Crippen LogP contribution in [0, 0.1) is 13.8 Å². The maximum Gasteiger partial charge on any atom is 0.125 e. The first-order valence-electron chi connectivity index (χ1n) is 5.60. The third-order valence-corrected chi connectivity index (χ3v) is 3.23. The van der Waals surface area contributed by atoms with Crippen molar-refractivity contribution in [3.05, 3.63) is 63.6 Å². The summed E-state index contributed by atoms with van der Waals surface area (Å²) in [7, 11) is 0. The molecule has 2 aromatic rings. The van der Waals surface area contributed by atoms with Crippen molar-refractivity contribution in [3.8, 4) is 5.75 Å². The average Bonchev–Trinajstić information content (AvgIpc) is 2.31. The zero-order chi connectivity index (χ0) is 12.3. The van der Waals surface area contributed by atoms with E-state index < -0.39 is 0 Å². The Kier molecular flexibility index (Phi) is 3.85. The number of benzene rings is 2. The Hall–Kier alpha value is -1.28. The Balaban J connectivity index is 2.10. The molecule has 0 amide bonds. The lowest BCUT2D eigenvalue weighted by Crippen LogP contribution is -1.98. The maximum atomic E-state index is 5.88. The summed E-state index contributed by atoms with van der Waals surface area (Å²) in [6, 6.07) is 14.4. The topological polar surface area (TPSA) is 9.23 Å². The fourth-order valence-electron chi connectivity index (χ4n) is 1.76. The van der Waals surface area contributed by atoms with Crippen molar-refractivity contribution in [2.24, 2.45) is 0 Å². The van der Waals surface area contributed by atoms with E-state index in [1.807, 2.05) is 12.1 Å². The van der Waals surface area contributed by atoms with Gasteiger partial charge in [0.25, 0.3) is 0 Å². The molecule has 17 heavy (non-hydrogen) atoms. The molecule has 0 saturated heterocycles. The van der Waals surface area contributed by atoms with E-state index >= 15 is 0 Å². The molecule has 0 aliphatic rings. The minimum atomic E-state index is 0.610. The average molecular weight is 291 g/mol. The zero-order valence-corrected chi connectivity index (χ0v) is 11.6. The highest BCUT2D eigenvalue weighted by Crippen LogP contribution is 2.23. The summed E-state index contributed by atoms with van der Waals surface area (Å²) in [5, 5.41) is 0. The second-order valence-electron chi connectivity index (χ2n) is 4.14. The van der Waals surface area contributed by atoms with Crippen LogP contribution in [0.4, 0.5) is 0 Å². The van der Waals surface area contributed by atoms with Crippen molar-refractivity contribution in [3.63, 3.8) is 0 Å². The van der Waals surface area contributed by atoms with Gasteiger partial charge in [-0.15, -0.1) is 0 Å². The van der Waals surface area contributed by atoms with Crippen molar-refractivity contribution in [2.45, 2.75) is 20.5 Å². The molecule has 0 heterocycles. The van der Waals surface area contributed by atoms with Crippen molar-refractivity contribution >= 4 is 15.9 Å². The molecule has 0 aliphatic carbocycles. The number of aryl methyl sites for hydroxylation is 2. The van der Waals surface area contributed by atoms with Gasteiger partial charge in [0.05, 0.1) is 0 Å². The molecule has 0 radical (unpaired) electrons.